The minimum atomic E-state index is 0.318. The van der Waals surface area contributed by atoms with E-state index in [9.17, 15) is 0 Å². The van der Waals surface area contributed by atoms with E-state index in [4.69, 9.17) is 0 Å². The predicted octanol–water partition coefficient (Wildman–Crippen LogP) is 3.14. The van der Waals surface area contributed by atoms with Gasteiger partial charge in [-0.05, 0) is 57.5 Å². The lowest BCUT2D eigenvalue weighted by molar-refractivity contribution is 0.0383. The van der Waals surface area contributed by atoms with Gasteiger partial charge in [0, 0.05) is 17.9 Å². The van der Waals surface area contributed by atoms with Gasteiger partial charge in [0.25, 0.3) is 0 Å². The fraction of sp³-hybridized carbons (Fsp3) is 0.706. The van der Waals surface area contributed by atoms with Crippen LogP contribution in [0.15, 0.2) is 24.5 Å². The fourth-order valence-electron chi connectivity index (χ4n) is 4.41. The van der Waals surface area contributed by atoms with E-state index in [1.807, 2.05) is 12.4 Å². The summed E-state index contributed by atoms with van der Waals surface area (Å²) in [7, 11) is 2.11. The Hall–Kier alpha value is -0.930. The Morgan fingerprint density at radius 1 is 1.15 bits per heavy atom. The molecule has 1 aromatic heterocycles. The number of hydrogen-bond acceptors (Lipinski definition) is 3. The second kappa shape index (κ2) is 6.23. The largest absolute Gasteiger partial charge is 0.311 e. The molecule has 2 aliphatic rings. The highest BCUT2D eigenvalue weighted by Gasteiger charge is 2.46. The summed E-state index contributed by atoms with van der Waals surface area (Å²) >= 11 is 0. The van der Waals surface area contributed by atoms with Crippen molar-refractivity contribution in [3.8, 4) is 0 Å². The first-order valence-electron chi connectivity index (χ1n) is 8.19. The summed E-state index contributed by atoms with van der Waals surface area (Å²) in [4.78, 5) is 7.13. The monoisotopic (exact) mass is 273 g/mol. The maximum absolute atomic E-state index is 4.34. The number of nitrogens with one attached hydrogen (secondary N) is 1. The first kappa shape index (κ1) is 14.0. The van der Waals surface area contributed by atoms with E-state index in [2.05, 4.69) is 34.4 Å². The number of likely N-dealkylation sites (N-methyl/N-ethyl adjacent to an activating group) is 1. The van der Waals surface area contributed by atoms with E-state index in [0.717, 1.165) is 0 Å². The first-order valence-corrected chi connectivity index (χ1v) is 8.19. The molecule has 20 heavy (non-hydrogen) atoms. The van der Waals surface area contributed by atoms with Crippen LogP contribution in [-0.4, -0.2) is 35.6 Å². The molecule has 1 aromatic rings. The van der Waals surface area contributed by atoms with E-state index in [0.29, 0.717) is 11.6 Å². The Kier molecular flexibility index (Phi) is 4.37. The molecule has 2 heterocycles. The lowest BCUT2D eigenvalue weighted by Gasteiger charge is -2.48. The molecule has 3 nitrogen and oxygen atoms in total. The van der Waals surface area contributed by atoms with Gasteiger partial charge in [0.15, 0.2) is 0 Å². The molecular formula is C17H27N3. The topological polar surface area (TPSA) is 28.2 Å². The van der Waals surface area contributed by atoms with Gasteiger partial charge in [-0.2, -0.15) is 0 Å². The number of likely N-dealkylation sites (tertiary alicyclic amines) is 1. The van der Waals surface area contributed by atoms with Gasteiger partial charge in [-0.25, -0.2) is 0 Å². The Morgan fingerprint density at radius 2 is 1.90 bits per heavy atom. The Labute approximate surface area is 122 Å². The van der Waals surface area contributed by atoms with Crippen molar-refractivity contribution < 1.29 is 0 Å². The average molecular weight is 273 g/mol. The van der Waals surface area contributed by atoms with Crippen LogP contribution in [0.3, 0.4) is 0 Å². The normalized spacial score (nSPS) is 24.6. The molecule has 3 rings (SSSR count). The third kappa shape index (κ3) is 2.49. The molecule has 0 radical (unpaired) electrons. The van der Waals surface area contributed by atoms with Crippen LogP contribution in [0.2, 0.25) is 0 Å². The van der Waals surface area contributed by atoms with Crippen LogP contribution in [0, 0.1) is 0 Å². The Bertz CT molecular complexity index is 406. The van der Waals surface area contributed by atoms with Gasteiger partial charge >= 0.3 is 0 Å². The molecule has 1 aliphatic heterocycles. The zero-order chi connectivity index (χ0) is 13.8. The van der Waals surface area contributed by atoms with E-state index >= 15 is 0 Å². The zero-order valence-corrected chi connectivity index (χ0v) is 12.6. The molecule has 1 aliphatic carbocycles. The SMILES string of the molecule is CNC(c1cccnc1)C1(N2CCCCC2)CCCC1. The number of nitrogens with zero attached hydrogens (tertiary/aromatic N) is 2. The van der Waals surface area contributed by atoms with E-state index in [1.165, 1.54) is 63.6 Å². The van der Waals surface area contributed by atoms with Crippen molar-refractivity contribution in [3.63, 3.8) is 0 Å². The Balaban J connectivity index is 1.91. The quantitative estimate of drug-likeness (QED) is 0.913. The molecule has 1 N–H and O–H groups in total. The third-order valence-electron chi connectivity index (χ3n) is 5.30. The molecule has 1 unspecified atom stereocenters. The number of rotatable bonds is 4. The van der Waals surface area contributed by atoms with Crippen molar-refractivity contribution in [2.24, 2.45) is 0 Å². The highest BCUT2D eigenvalue weighted by molar-refractivity contribution is 5.21. The van der Waals surface area contributed by atoms with Crippen molar-refractivity contribution in [2.45, 2.75) is 56.5 Å². The fourth-order valence-corrected chi connectivity index (χ4v) is 4.41. The zero-order valence-electron chi connectivity index (χ0n) is 12.6. The number of pyridine rings is 1. The predicted molar refractivity (Wildman–Crippen MR) is 82.7 cm³/mol. The van der Waals surface area contributed by atoms with Gasteiger partial charge < -0.3 is 5.32 Å². The molecule has 0 amide bonds. The van der Waals surface area contributed by atoms with Crippen molar-refractivity contribution in [1.29, 1.82) is 0 Å². The van der Waals surface area contributed by atoms with Crippen LogP contribution in [0.1, 0.15) is 56.6 Å². The summed E-state index contributed by atoms with van der Waals surface area (Å²) in [6.07, 6.45) is 13.5. The summed E-state index contributed by atoms with van der Waals surface area (Å²) in [5, 5.41) is 3.62. The summed E-state index contributed by atoms with van der Waals surface area (Å²) < 4.78 is 0. The molecular weight excluding hydrogens is 246 g/mol. The van der Waals surface area contributed by atoms with Crippen LogP contribution >= 0.6 is 0 Å². The smallest absolute Gasteiger partial charge is 0.0520 e. The maximum Gasteiger partial charge on any atom is 0.0520 e. The molecule has 2 fully saturated rings. The highest BCUT2D eigenvalue weighted by Crippen LogP contribution is 2.45. The van der Waals surface area contributed by atoms with E-state index < -0.39 is 0 Å². The standard InChI is InChI=1S/C17H27N3/c1-18-16(15-8-7-11-19-14-15)17(9-3-4-10-17)20-12-5-2-6-13-20/h7-8,11,14,16,18H,2-6,9-10,12-13H2,1H3. The van der Waals surface area contributed by atoms with Gasteiger partial charge in [-0.1, -0.05) is 25.3 Å². The second-order valence-corrected chi connectivity index (χ2v) is 6.37. The van der Waals surface area contributed by atoms with Crippen LogP contribution in [-0.2, 0) is 0 Å². The van der Waals surface area contributed by atoms with E-state index in [1.54, 1.807) is 0 Å². The van der Waals surface area contributed by atoms with Gasteiger partial charge in [0.1, 0.15) is 0 Å². The molecule has 1 atom stereocenters. The highest BCUT2D eigenvalue weighted by atomic mass is 15.2. The number of hydrogen-bond donors (Lipinski definition) is 1. The summed E-state index contributed by atoms with van der Waals surface area (Å²) in [5.41, 5.74) is 1.67. The minimum Gasteiger partial charge on any atom is -0.311 e. The molecule has 3 heteroatoms. The molecule has 0 aromatic carbocycles. The van der Waals surface area contributed by atoms with Crippen LogP contribution in [0.4, 0.5) is 0 Å². The van der Waals surface area contributed by atoms with Crippen molar-refractivity contribution in [1.82, 2.24) is 15.2 Å². The maximum atomic E-state index is 4.34. The van der Waals surface area contributed by atoms with Gasteiger partial charge in [-0.15, -0.1) is 0 Å². The number of piperidine rings is 1. The summed E-state index contributed by atoms with van der Waals surface area (Å²) in [5.74, 6) is 0. The van der Waals surface area contributed by atoms with Crippen LogP contribution in [0.25, 0.3) is 0 Å². The lowest BCUT2D eigenvalue weighted by Crippen LogP contribution is -2.56. The molecule has 0 spiro atoms. The number of aromatic nitrogens is 1. The first-order chi connectivity index (χ1) is 9.87. The van der Waals surface area contributed by atoms with Gasteiger partial charge in [0.05, 0.1) is 6.04 Å². The summed E-state index contributed by atoms with van der Waals surface area (Å²) in [6.45, 7) is 2.55. The van der Waals surface area contributed by atoms with Gasteiger partial charge in [0.2, 0.25) is 0 Å². The minimum absolute atomic E-state index is 0.318. The van der Waals surface area contributed by atoms with Crippen molar-refractivity contribution in [2.75, 3.05) is 20.1 Å². The second-order valence-electron chi connectivity index (χ2n) is 6.37. The molecule has 0 bridgehead atoms. The van der Waals surface area contributed by atoms with Crippen LogP contribution < -0.4 is 5.32 Å². The van der Waals surface area contributed by atoms with Crippen molar-refractivity contribution in [3.05, 3.63) is 30.1 Å². The lowest BCUT2D eigenvalue weighted by atomic mass is 9.81. The van der Waals surface area contributed by atoms with Crippen LogP contribution in [0.5, 0.6) is 0 Å². The van der Waals surface area contributed by atoms with Gasteiger partial charge in [-0.3, -0.25) is 9.88 Å². The van der Waals surface area contributed by atoms with Crippen molar-refractivity contribution >= 4 is 0 Å². The molecule has 1 saturated heterocycles. The molecule has 110 valence electrons. The summed E-state index contributed by atoms with van der Waals surface area (Å²) in [6, 6.07) is 4.72. The van der Waals surface area contributed by atoms with E-state index in [-0.39, 0.29) is 0 Å². The molecule has 1 saturated carbocycles. The third-order valence-corrected chi connectivity index (χ3v) is 5.30. The Morgan fingerprint density at radius 3 is 2.50 bits per heavy atom. The average Bonchev–Trinajstić information content (AvgIpc) is 3.01.